The van der Waals surface area contributed by atoms with Crippen molar-refractivity contribution in [2.24, 2.45) is 0 Å². The normalized spacial score (nSPS) is 9.95. The van der Waals surface area contributed by atoms with Gasteiger partial charge in [0.1, 0.15) is 0 Å². The maximum atomic E-state index is 11.5. The van der Waals surface area contributed by atoms with Crippen molar-refractivity contribution in [1.29, 1.82) is 0 Å². The Morgan fingerprint density at radius 1 is 1.10 bits per heavy atom. The average Bonchev–Trinajstić information content (AvgIpc) is 2.51. The molecule has 1 amide bonds. The van der Waals surface area contributed by atoms with Crippen LogP contribution in [0.15, 0.2) is 12.1 Å². The van der Waals surface area contributed by atoms with Crippen LogP contribution in [0.3, 0.4) is 0 Å². The molecule has 1 rings (SSSR count). The number of amides is 1. The molecular weight excluding hydrogens is 274 g/mol. The molecule has 1 aromatic carbocycles. The van der Waals surface area contributed by atoms with Gasteiger partial charge in [-0.2, -0.15) is 0 Å². The molecule has 0 aliphatic rings. The maximum absolute atomic E-state index is 11.5. The molecule has 118 valence electrons. The number of methoxy groups -OCH3 is 3. The number of likely N-dealkylation sites (N-methyl/N-ethyl adjacent to an activating group) is 1. The molecule has 0 saturated heterocycles. The van der Waals surface area contributed by atoms with Gasteiger partial charge in [-0.25, -0.2) is 4.79 Å². The van der Waals surface area contributed by atoms with E-state index in [4.69, 9.17) is 18.9 Å². The molecule has 6 heteroatoms. The Balaban J connectivity index is 2.82. The molecule has 0 fully saturated rings. The quantitative estimate of drug-likeness (QED) is 0.773. The van der Waals surface area contributed by atoms with Gasteiger partial charge in [-0.3, -0.25) is 0 Å². The van der Waals surface area contributed by atoms with E-state index in [9.17, 15) is 4.79 Å². The van der Waals surface area contributed by atoms with E-state index in [1.54, 1.807) is 35.3 Å². The molecule has 0 N–H and O–H groups in total. The number of carbonyl (C=O) groups is 1. The van der Waals surface area contributed by atoms with Gasteiger partial charge in [-0.15, -0.1) is 0 Å². The summed E-state index contributed by atoms with van der Waals surface area (Å²) in [6, 6.07) is 3.75. The Morgan fingerprint density at radius 3 is 2.10 bits per heavy atom. The van der Waals surface area contributed by atoms with Crippen molar-refractivity contribution in [3.8, 4) is 17.2 Å². The summed E-state index contributed by atoms with van der Waals surface area (Å²) in [7, 11) is 6.42. The molecule has 0 saturated carbocycles. The topological polar surface area (TPSA) is 57.2 Å². The second-order valence-electron chi connectivity index (χ2n) is 4.40. The van der Waals surface area contributed by atoms with Crippen molar-refractivity contribution in [2.75, 3.05) is 41.5 Å². The molecule has 0 aliphatic heterocycles. The standard InChI is InChI=1S/C15H23NO5/c1-6-21-15(17)16(2)8-7-11-9-12(18-3)14(20-5)13(10-11)19-4/h9-10H,6-8H2,1-5H3. The summed E-state index contributed by atoms with van der Waals surface area (Å²) < 4.78 is 20.8. The highest BCUT2D eigenvalue weighted by Gasteiger charge is 2.14. The van der Waals surface area contributed by atoms with Crippen molar-refractivity contribution in [3.63, 3.8) is 0 Å². The monoisotopic (exact) mass is 297 g/mol. The van der Waals surface area contributed by atoms with E-state index in [0.29, 0.717) is 36.8 Å². The summed E-state index contributed by atoms with van der Waals surface area (Å²) in [6.45, 7) is 2.69. The van der Waals surface area contributed by atoms with Crippen molar-refractivity contribution >= 4 is 6.09 Å². The van der Waals surface area contributed by atoms with E-state index in [2.05, 4.69) is 0 Å². The van der Waals surface area contributed by atoms with Crippen LogP contribution in [0, 0.1) is 0 Å². The van der Waals surface area contributed by atoms with E-state index in [0.717, 1.165) is 5.56 Å². The van der Waals surface area contributed by atoms with Crippen LogP contribution in [-0.4, -0.2) is 52.5 Å². The van der Waals surface area contributed by atoms with Gasteiger partial charge in [0.2, 0.25) is 5.75 Å². The highest BCUT2D eigenvalue weighted by molar-refractivity contribution is 5.67. The van der Waals surface area contributed by atoms with Gasteiger partial charge in [-0.05, 0) is 31.0 Å². The smallest absolute Gasteiger partial charge is 0.409 e. The third kappa shape index (κ3) is 4.44. The Kier molecular flexibility index (Phi) is 6.65. The van der Waals surface area contributed by atoms with E-state index in [-0.39, 0.29) is 6.09 Å². The number of hydrogen-bond acceptors (Lipinski definition) is 5. The van der Waals surface area contributed by atoms with Crippen molar-refractivity contribution in [2.45, 2.75) is 13.3 Å². The van der Waals surface area contributed by atoms with Crippen LogP contribution >= 0.6 is 0 Å². The molecule has 1 aromatic rings. The minimum atomic E-state index is -0.329. The number of benzene rings is 1. The summed E-state index contributed by atoms with van der Waals surface area (Å²) >= 11 is 0. The van der Waals surface area contributed by atoms with Crippen LogP contribution in [0.2, 0.25) is 0 Å². The van der Waals surface area contributed by atoms with Crippen molar-refractivity contribution in [1.82, 2.24) is 4.90 Å². The first kappa shape index (κ1) is 16.9. The predicted octanol–water partition coefficient (Wildman–Crippen LogP) is 2.34. The molecule has 0 aliphatic carbocycles. The molecule has 0 atom stereocenters. The summed E-state index contributed by atoms with van der Waals surface area (Å²) in [6.07, 6.45) is 0.330. The molecule has 0 spiro atoms. The van der Waals surface area contributed by atoms with Gasteiger partial charge < -0.3 is 23.8 Å². The first-order valence-corrected chi connectivity index (χ1v) is 6.74. The van der Waals surface area contributed by atoms with E-state index >= 15 is 0 Å². The number of hydrogen-bond donors (Lipinski definition) is 0. The Bertz CT molecular complexity index is 450. The fourth-order valence-corrected chi connectivity index (χ4v) is 1.90. The van der Waals surface area contributed by atoms with Crippen molar-refractivity contribution < 1.29 is 23.7 Å². The second-order valence-corrected chi connectivity index (χ2v) is 4.40. The van der Waals surface area contributed by atoms with Gasteiger partial charge in [0.05, 0.1) is 27.9 Å². The molecule has 0 aromatic heterocycles. The van der Waals surface area contributed by atoms with Gasteiger partial charge in [-0.1, -0.05) is 0 Å². The lowest BCUT2D eigenvalue weighted by Crippen LogP contribution is -2.29. The van der Waals surface area contributed by atoms with Gasteiger partial charge in [0, 0.05) is 13.6 Å². The Hall–Kier alpha value is -2.11. The van der Waals surface area contributed by atoms with Gasteiger partial charge >= 0.3 is 6.09 Å². The third-order valence-corrected chi connectivity index (χ3v) is 3.04. The number of ether oxygens (including phenoxy) is 4. The largest absolute Gasteiger partial charge is 0.493 e. The van der Waals surface area contributed by atoms with Crippen LogP contribution in [0.4, 0.5) is 4.79 Å². The lowest BCUT2D eigenvalue weighted by atomic mass is 10.1. The summed E-state index contributed by atoms with van der Waals surface area (Å²) in [5, 5.41) is 0. The maximum Gasteiger partial charge on any atom is 0.409 e. The second kappa shape index (κ2) is 8.24. The van der Waals surface area contributed by atoms with Crippen LogP contribution in [0.1, 0.15) is 12.5 Å². The van der Waals surface area contributed by atoms with Gasteiger partial charge in [0.25, 0.3) is 0 Å². The zero-order valence-electron chi connectivity index (χ0n) is 13.3. The van der Waals surface area contributed by atoms with E-state index < -0.39 is 0 Å². The zero-order chi connectivity index (χ0) is 15.8. The van der Waals surface area contributed by atoms with Crippen LogP contribution in [-0.2, 0) is 11.2 Å². The molecular formula is C15H23NO5. The molecule has 21 heavy (non-hydrogen) atoms. The number of rotatable bonds is 7. The first-order valence-electron chi connectivity index (χ1n) is 6.74. The van der Waals surface area contributed by atoms with Crippen molar-refractivity contribution in [3.05, 3.63) is 17.7 Å². The minimum absolute atomic E-state index is 0.329. The van der Waals surface area contributed by atoms with E-state index in [1.165, 1.54) is 4.90 Å². The zero-order valence-corrected chi connectivity index (χ0v) is 13.3. The fraction of sp³-hybridized carbons (Fsp3) is 0.533. The highest BCUT2D eigenvalue weighted by atomic mass is 16.6. The average molecular weight is 297 g/mol. The van der Waals surface area contributed by atoms with Crippen LogP contribution < -0.4 is 14.2 Å². The molecule has 0 heterocycles. The van der Waals surface area contributed by atoms with Crippen LogP contribution in [0.5, 0.6) is 17.2 Å². The predicted molar refractivity (Wildman–Crippen MR) is 79.5 cm³/mol. The number of nitrogens with zero attached hydrogens (tertiary/aromatic N) is 1. The molecule has 0 unspecified atom stereocenters. The minimum Gasteiger partial charge on any atom is -0.493 e. The molecule has 0 bridgehead atoms. The summed E-state index contributed by atoms with van der Waals surface area (Å²) in [5.74, 6) is 1.76. The van der Waals surface area contributed by atoms with Crippen LogP contribution in [0.25, 0.3) is 0 Å². The summed E-state index contributed by atoms with van der Waals surface area (Å²) in [4.78, 5) is 13.1. The lowest BCUT2D eigenvalue weighted by Gasteiger charge is -2.18. The molecule has 0 radical (unpaired) electrons. The Labute approximate surface area is 125 Å². The Morgan fingerprint density at radius 2 is 1.67 bits per heavy atom. The third-order valence-electron chi connectivity index (χ3n) is 3.04. The SMILES string of the molecule is CCOC(=O)N(C)CCc1cc(OC)c(OC)c(OC)c1. The van der Waals surface area contributed by atoms with E-state index in [1.807, 2.05) is 12.1 Å². The van der Waals surface area contributed by atoms with Gasteiger partial charge in [0.15, 0.2) is 11.5 Å². The number of carbonyl (C=O) groups excluding carboxylic acids is 1. The first-order chi connectivity index (χ1) is 10.1. The highest BCUT2D eigenvalue weighted by Crippen LogP contribution is 2.38. The molecule has 6 nitrogen and oxygen atoms in total. The summed E-state index contributed by atoms with van der Waals surface area (Å²) in [5.41, 5.74) is 0.987. The fourth-order valence-electron chi connectivity index (χ4n) is 1.90. The lowest BCUT2D eigenvalue weighted by molar-refractivity contribution is 0.116.